The van der Waals surface area contributed by atoms with Gasteiger partial charge in [0.1, 0.15) is 11.4 Å². The monoisotopic (exact) mass is 356 g/mol. The summed E-state index contributed by atoms with van der Waals surface area (Å²) < 4.78 is 6.00. The number of carbonyl (C=O) groups is 1. The molecule has 23 heavy (non-hydrogen) atoms. The Morgan fingerprint density at radius 1 is 1.48 bits per heavy atom. The lowest BCUT2D eigenvalue weighted by atomic mass is 10.2. The van der Waals surface area contributed by atoms with Gasteiger partial charge >= 0.3 is 6.09 Å². The van der Waals surface area contributed by atoms with Crippen molar-refractivity contribution in [2.45, 2.75) is 45.9 Å². The Bertz CT molecular complexity index is 662. The van der Waals surface area contributed by atoms with Crippen molar-refractivity contribution in [2.75, 3.05) is 5.32 Å². The lowest BCUT2D eigenvalue weighted by Gasteiger charge is -2.19. The van der Waals surface area contributed by atoms with Crippen LogP contribution in [0.5, 0.6) is 0 Å². The van der Waals surface area contributed by atoms with Gasteiger partial charge in [-0.2, -0.15) is 5.10 Å². The van der Waals surface area contributed by atoms with Gasteiger partial charge in [-0.15, -0.1) is 11.3 Å². The molecule has 0 spiro atoms. The van der Waals surface area contributed by atoms with Crippen LogP contribution >= 0.6 is 22.9 Å². The maximum absolute atomic E-state index is 11.8. The van der Waals surface area contributed by atoms with Crippen LogP contribution in [0.25, 0.3) is 0 Å². The minimum absolute atomic E-state index is 0.150. The molecule has 0 aliphatic carbocycles. The van der Waals surface area contributed by atoms with Crippen LogP contribution in [-0.4, -0.2) is 21.9 Å². The lowest BCUT2D eigenvalue weighted by molar-refractivity contribution is 0.0635. The molecule has 0 saturated carbocycles. The molecule has 8 heteroatoms. The van der Waals surface area contributed by atoms with E-state index in [1.165, 1.54) is 0 Å². The number of amides is 1. The van der Waals surface area contributed by atoms with E-state index in [1.54, 1.807) is 17.5 Å². The second-order valence-corrected chi connectivity index (χ2v) is 7.89. The highest BCUT2D eigenvalue weighted by Gasteiger charge is 2.18. The lowest BCUT2D eigenvalue weighted by Crippen LogP contribution is -2.28. The summed E-state index contributed by atoms with van der Waals surface area (Å²) in [5.74, 6) is 0.531. The zero-order chi connectivity index (χ0) is 17.0. The molecule has 0 saturated heterocycles. The molecule has 2 aromatic rings. The van der Waals surface area contributed by atoms with Crippen LogP contribution in [0.3, 0.4) is 0 Å². The van der Waals surface area contributed by atoms with Crippen molar-refractivity contribution in [2.24, 2.45) is 0 Å². The Morgan fingerprint density at radius 3 is 2.83 bits per heavy atom. The Balaban J connectivity index is 1.92. The van der Waals surface area contributed by atoms with Gasteiger partial charge < -0.3 is 10.1 Å². The Kier molecular flexibility index (Phi) is 5.67. The van der Waals surface area contributed by atoms with Crippen LogP contribution in [0.1, 0.15) is 44.2 Å². The molecule has 6 nitrogen and oxygen atoms in total. The molecule has 1 unspecified atom stereocenters. The first-order chi connectivity index (χ1) is 10.7. The third-order valence-electron chi connectivity index (χ3n) is 2.96. The summed E-state index contributed by atoms with van der Waals surface area (Å²) in [6, 6.07) is 4.03. The quantitative estimate of drug-likeness (QED) is 0.745. The molecule has 0 aromatic carbocycles. The van der Waals surface area contributed by atoms with E-state index in [0.717, 1.165) is 14.8 Å². The number of nitrogens with zero attached hydrogens (tertiary/aromatic N) is 1. The van der Waals surface area contributed by atoms with Crippen LogP contribution in [0.15, 0.2) is 18.3 Å². The third-order valence-corrected chi connectivity index (χ3v) is 4.38. The largest absolute Gasteiger partial charge is 0.444 e. The van der Waals surface area contributed by atoms with E-state index in [2.05, 4.69) is 27.8 Å². The van der Waals surface area contributed by atoms with Gasteiger partial charge in [0.2, 0.25) is 0 Å². The minimum atomic E-state index is -0.546. The number of halogens is 1. The molecule has 0 aliphatic rings. The first-order valence-corrected chi connectivity index (χ1v) is 8.45. The summed E-state index contributed by atoms with van der Waals surface area (Å²) in [5, 5.41) is 12.8. The molecule has 0 bridgehead atoms. The SMILES string of the molecule is CC(NCc1cn[nH]c1NC(=O)OC(C)(C)C)c1ccc(Cl)s1. The average molecular weight is 357 g/mol. The highest BCUT2D eigenvalue weighted by atomic mass is 35.5. The van der Waals surface area contributed by atoms with E-state index in [4.69, 9.17) is 16.3 Å². The second-order valence-electron chi connectivity index (χ2n) is 6.14. The van der Waals surface area contributed by atoms with Gasteiger partial charge in [0, 0.05) is 23.0 Å². The number of anilines is 1. The molecule has 1 amide bonds. The molecule has 2 rings (SSSR count). The van der Waals surface area contributed by atoms with Crippen LogP contribution in [0.4, 0.5) is 10.6 Å². The van der Waals surface area contributed by atoms with Gasteiger partial charge in [0.25, 0.3) is 0 Å². The molecule has 0 aliphatic heterocycles. The normalized spacial score (nSPS) is 12.9. The van der Waals surface area contributed by atoms with Crippen LogP contribution in [0, 0.1) is 0 Å². The van der Waals surface area contributed by atoms with Crippen LogP contribution in [-0.2, 0) is 11.3 Å². The van der Waals surface area contributed by atoms with Gasteiger partial charge in [-0.25, -0.2) is 4.79 Å². The summed E-state index contributed by atoms with van der Waals surface area (Å²) in [4.78, 5) is 13.0. The standard InChI is InChI=1S/C15H21ClN4O2S/c1-9(11-5-6-12(16)23-11)17-7-10-8-18-20-13(10)19-14(21)22-15(2,3)4/h5-6,8-9,17H,7H2,1-4H3,(H2,18,19,20,21). The molecular weight excluding hydrogens is 336 g/mol. The number of ether oxygens (including phenoxy) is 1. The van der Waals surface area contributed by atoms with E-state index in [9.17, 15) is 4.79 Å². The molecule has 126 valence electrons. The van der Waals surface area contributed by atoms with Crippen molar-refractivity contribution in [1.82, 2.24) is 15.5 Å². The van der Waals surface area contributed by atoms with Crippen LogP contribution in [0.2, 0.25) is 4.34 Å². The third kappa shape index (κ3) is 5.53. The predicted octanol–water partition coefficient (Wildman–Crippen LogP) is 4.32. The van der Waals surface area contributed by atoms with Gasteiger partial charge in [0.05, 0.1) is 10.5 Å². The topological polar surface area (TPSA) is 79.0 Å². The molecule has 1 atom stereocenters. The summed E-state index contributed by atoms with van der Waals surface area (Å²) >= 11 is 7.50. The first kappa shape index (κ1) is 17.8. The number of thiophene rings is 1. The fourth-order valence-electron chi connectivity index (χ4n) is 1.88. The predicted molar refractivity (Wildman–Crippen MR) is 93.0 cm³/mol. The maximum atomic E-state index is 11.8. The number of aromatic amines is 1. The molecule has 2 aromatic heterocycles. The summed E-state index contributed by atoms with van der Waals surface area (Å²) in [5.41, 5.74) is 0.306. The number of nitrogens with one attached hydrogen (secondary N) is 3. The summed E-state index contributed by atoms with van der Waals surface area (Å²) in [6.45, 7) is 8.06. The van der Waals surface area contributed by atoms with Gasteiger partial charge in [-0.05, 0) is 39.8 Å². The Morgan fingerprint density at radius 2 is 2.22 bits per heavy atom. The van der Waals surface area contributed by atoms with Crippen molar-refractivity contribution in [1.29, 1.82) is 0 Å². The number of rotatable bonds is 5. The Labute approximate surface area is 144 Å². The minimum Gasteiger partial charge on any atom is -0.444 e. The molecule has 0 fully saturated rings. The van der Waals surface area contributed by atoms with E-state index >= 15 is 0 Å². The summed E-state index contributed by atoms with van der Waals surface area (Å²) in [7, 11) is 0. The molecule has 3 N–H and O–H groups in total. The second kappa shape index (κ2) is 7.33. The smallest absolute Gasteiger partial charge is 0.413 e. The van der Waals surface area contributed by atoms with E-state index in [-0.39, 0.29) is 6.04 Å². The van der Waals surface area contributed by atoms with Crippen LogP contribution < -0.4 is 10.6 Å². The Hall–Kier alpha value is -1.57. The molecule has 2 heterocycles. The first-order valence-electron chi connectivity index (χ1n) is 7.25. The molecular formula is C15H21ClN4O2S. The highest BCUT2D eigenvalue weighted by Crippen LogP contribution is 2.27. The van der Waals surface area contributed by atoms with Gasteiger partial charge in [-0.3, -0.25) is 10.4 Å². The fraction of sp³-hybridized carbons (Fsp3) is 0.467. The van der Waals surface area contributed by atoms with Crippen molar-refractivity contribution in [3.63, 3.8) is 0 Å². The van der Waals surface area contributed by atoms with Crippen molar-refractivity contribution >= 4 is 34.8 Å². The maximum Gasteiger partial charge on any atom is 0.413 e. The zero-order valence-electron chi connectivity index (χ0n) is 13.6. The highest BCUT2D eigenvalue weighted by molar-refractivity contribution is 7.16. The van der Waals surface area contributed by atoms with Gasteiger partial charge in [0.15, 0.2) is 0 Å². The number of hydrogen-bond donors (Lipinski definition) is 3. The number of aromatic nitrogens is 2. The number of H-pyrrole nitrogens is 1. The van der Waals surface area contributed by atoms with Gasteiger partial charge in [-0.1, -0.05) is 11.6 Å². The van der Waals surface area contributed by atoms with Crippen molar-refractivity contribution in [3.8, 4) is 0 Å². The average Bonchev–Trinajstić information content (AvgIpc) is 3.03. The number of hydrogen-bond acceptors (Lipinski definition) is 5. The zero-order valence-corrected chi connectivity index (χ0v) is 15.1. The van der Waals surface area contributed by atoms with E-state index in [0.29, 0.717) is 12.4 Å². The van der Waals surface area contributed by atoms with E-state index in [1.807, 2.05) is 32.9 Å². The fourth-order valence-corrected chi connectivity index (χ4v) is 2.97. The molecule has 0 radical (unpaired) electrons. The van der Waals surface area contributed by atoms with Crippen molar-refractivity contribution < 1.29 is 9.53 Å². The number of carbonyl (C=O) groups excluding carboxylic acids is 1. The summed E-state index contributed by atoms with van der Waals surface area (Å²) in [6.07, 6.45) is 1.16. The van der Waals surface area contributed by atoms with E-state index < -0.39 is 11.7 Å². The van der Waals surface area contributed by atoms with Crippen molar-refractivity contribution in [3.05, 3.63) is 33.1 Å².